The van der Waals surface area contributed by atoms with E-state index in [1.807, 2.05) is 4.90 Å². The number of hydrogen-bond donors (Lipinski definition) is 2. The third-order valence-electron chi connectivity index (χ3n) is 6.86. The fourth-order valence-corrected chi connectivity index (χ4v) is 4.94. The van der Waals surface area contributed by atoms with Gasteiger partial charge in [-0.05, 0) is 55.9 Å². The minimum atomic E-state index is -0.332. The lowest BCUT2D eigenvalue weighted by atomic mass is 9.81. The summed E-state index contributed by atoms with van der Waals surface area (Å²) in [5.74, 6) is -0.0673. The third kappa shape index (κ3) is 6.29. The van der Waals surface area contributed by atoms with E-state index in [0.717, 1.165) is 31.2 Å². The first-order valence-corrected chi connectivity index (χ1v) is 12.0. The van der Waals surface area contributed by atoms with Gasteiger partial charge in [-0.25, -0.2) is 9.37 Å². The van der Waals surface area contributed by atoms with Crippen LogP contribution in [0.15, 0.2) is 30.5 Å². The van der Waals surface area contributed by atoms with E-state index in [1.165, 1.54) is 12.1 Å². The fourth-order valence-electron chi connectivity index (χ4n) is 4.94. The summed E-state index contributed by atoms with van der Waals surface area (Å²) in [6.07, 6.45) is 4.87. The highest BCUT2D eigenvalue weighted by Crippen LogP contribution is 2.31. The molecular formula is C24H32FN7O3. The number of carbonyl (C=O) groups is 2. The average Bonchev–Trinajstić information content (AvgIpc) is 2.89. The molecular weight excluding hydrogens is 453 g/mol. The van der Waals surface area contributed by atoms with Gasteiger partial charge in [0.05, 0.1) is 24.0 Å². The van der Waals surface area contributed by atoms with Crippen molar-refractivity contribution in [2.45, 2.75) is 37.8 Å². The number of amides is 2. The Hall–Kier alpha value is -3.18. The number of carbonyl (C=O) groups excluding carboxylic acids is 2. The van der Waals surface area contributed by atoms with Gasteiger partial charge in [-0.1, -0.05) is 0 Å². The first-order valence-electron chi connectivity index (χ1n) is 12.0. The number of ether oxygens (including phenoxy) is 1. The van der Waals surface area contributed by atoms with Crippen LogP contribution in [-0.2, 0) is 14.3 Å². The molecule has 2 aromatic rings. The molecule has 10 nitrogen and oxygen atoms in total. The average molecular weight is 486 g/mol. The number of halogens is 1. The Labute approximate surface area is 204 Å². The molecule has 1 aromatic carbocycles. The van der Waals surface area contributed by atoms with E-state index in [2.05, 4.69) is 25.4 Å². The maximum Gasteiger partial charge on any atom is 0.245 e. The Kier molecular flexibility index (Phi) is 8.19. The smallest absolute Gasteiger partial charge is 0.245 e. The quantitative estimate of drug-likeness (QED) is 0.567. The fraction of sp³-hybridized carbons (Fsp3) is 0.542. The number of likely N-dealkylation sites (N-methyl/N-ethyl adjacent to an activating group) is 1. The van der Waals surface area contributed by atoms with Gasteiger partial charge < -0.3 is 20.7 Å². The second kappa shape index (κ2) is 11.5. The summed E-state index contributed by atoms with van der Waals surface area (Å²) >= 11 is 0. The van der Waals surface area contributed by atoms with Crippen molar-refractivity contribution < 1.29 is 18.7 Å². The number of nitrogens with zero attached hydrogens (tertiary/aromatic N) is 5. The molecule has 1 aliphatic heterocycles. The summed E-state index contributed by atoms with van der Waals surface area (Å²) in [7, 11) is 1.59. The Balaban J connectivity index is 1.33. The Morgan fingerprint density at radius 1 is 1.14 bits per heavy atom. The summed E-state index contributed by atoms with van der Waals surface area (Å²) in [6, 6.07) is 5.78. The molecule has 2 aliphatic rings. The van der Waals surface area contributed by atoms with E-state index in [9.17, 15) is 14.0 Å². The van der Waals surface area contributed by atoms with Crippen molar-refractivity contribution >= 4 is 17.8 Å². The molecule has 2 heterocycles. The van der Waals surface area contributed by atoms with Gasteiger partial charge >= 0.3 is 0 Å². The molecule has 1 atom stereocenters. The molecule has 3 N–H and O–H groups in total. The van der Waals surface area contributed by atoms with Crippen LogP contribution < -0.4 is 16.0 Å². The molecule has 4 rings (SSSR count). The van der Waals surface area contributed by atoms with Gasteiger partial charge in [0, 0.05) is 38.8 Å². The summed E-state index contributed by atoms with van der Waals surface area (Å²) in [6.45, 7) is 2.66. The van der Waals surface area contributed by atoms with Crippen molar-refractivity contribution in [2.75, 3.05) is 44.7 Å². The highest BCUT2D eigenvalue weighted by Gasteiger charge is 2.37. The molecule has 35 heavy (non-hydrogen) atoms. The second-order valence-corrected chi connectivity index (χ2v) is 9.04. The van der Waals surface area contributed by atoms with Crippen LogP contribution in [0.1, 0.15) is 25.7 Å². The van der Waals surface area contributed by atoms with Crippen molar-refractivity contribution in [3.63, 3.8) is 0 Å². The number of rotatable bonds is 8. The molecule has 1 saturated carbocycles. The van der Waals surface area contributed by atoms with E-state index in [4.69, 9.17) is 10.5 Å². The van der Waals surface area contributed by atoms with E-state index in [1.54, 1.807) is 25.4 Å². The number of anilines is 1. The number of nitrogens with two attached hydrogens (primary N) is 1. The minimum Gasteiger partial charge on any atom is -0.368 e. The number of hydrogen-bond acceptors (Lipinski definition) is 8. The van der Waals surface area contributed by atoms with Gasteiger partial charge in [0.25, 0.3) is 0 Å². The highest BCUT2D eigenvalue weighted by molar-refractivity contribution is 5.80. The Bertz CT molecular complexity index is 1010. The van der Waals surface area contributed by atoms with Crippen molar-refractivity contribution in [1.29, 1.82) is 0 Å². The predicted molar refractivity (Wildman–Crippen MR) is 128 cm³/mol. The Morgan fingerprint density at radius 2 is 1.83 bits per heavy atom. The number of nitrogens with one attached hydrogen (secondary N) is 1. The Morgan fingerprint density at radius 3 is 2.46 bits per heavy atom. The molecule has 0 spiro atoms. The summed E-state index contributed by atoms with van der Waals surface area (Å²) in [5.41, 5.74) is 7.25. The van der Waals surface area contributed by atoms with E-state index in [0.29, 0.717) is 37.8 Å². The van der Waals surface area contributed by atoms with Gasteiger partial charge in [0.15, 0.2) is 0 Å². The normalized spacial score (nSPS) is 21.9. The second-order valence-electron chi connectivity index (χ2n) is 9.04. The SMILES string of the molecule is CNC(=O)COC1CCC(C(C(N)=O)N2CCN(c3nncc(-c4ccc(F)cc4)n3)CC2)CC1. The van der Waals surface area contributed by atoms with Crippen LogP contribution in [0.5, 0.6) is 0 Å². The van der Waals surface area contributed by atoms with Crippen molar-refractivity contribution in [1.82, 2.24) is 25.4 Å². The highest BCUT2D eigenvalue weighted by atomic mass is 19.1. The first-order chi connectivity index (χ1) is 16.9. The van der Waals surface area contributed by atoms with Crippen molar-refractivity contribution in [3.05, 3.63) is 36.3 Å². The van der Waals surface area contributed by atoms with Crippen LogP contribution in [0.3, 0.4) is 0 Å². The molecule has 1 unspecified atom stereocenters. The molecule has 0 bridgehead atoms. The third-order valence-corrected chi connectivity index (χ3v) is 6.86. The maximum atomic E-state index is 13.2. The maximum absolute atomic E-state index is 13.2. The summed E-state index contributed by atoms with van der Waals surface area (Å²) < 4.78 is 18.9. The van der Waals surface area contributed by atoms with Crippen LogP contribution in [0, 0.1) is 11.7 Å². The number of benzene rings is 1. The van der Waals surface area contributed by atoms with E-state index in [-0.39, 0.29) is 42.3 Å². The van der Waals surface area contributed by atoms with Gasteiger partial charge in [-0.3, -0.25) is 14.5 Å². The molecule has 1 saturated heterocycles. The van der Waals surface area contributed by atoms with Gasteiger partial charge in [-0.2, -0.15) is 5.10 Å². The molecule has 11 heteroatoms. The predicted octanol–water partition coefficient (Wildman–Crippen LogP) is 0.975. The standard InChI is InChI=1S/C24H32FN7O3/c1-27-21(33)15-35-19-8-4-17(5-9-19)22(23(26)34)31-10-12-32(13-11-31)24-29-20(14-28-30-24)16-2-6-18(25)7-3-16/h2-3,6-7,14,17,19,22H,4-5,8-13,15H2,1H3,(H2,26,34)(H,27,33). The number of piperazine rings is 1. The van der Waals surface area contributed by atoms with Crippen LogP contribution >= 0.6 is 0 Å². The molecule has 188 valence electrons. The minimum absolute atomic E-state index is 0.0342. The summed E-state index contributed by atoms with van der Waals surface area (Å²) in [5, 5.41) is 10.8. The lowest BCUT2D eigenvalue weighted by Crippen LogP contribution is -2.57. The van der Waals surface area contributed by atoms with E-state index >= 15 is 0 Å². The monoisotopic (exact) mass is 485 g/mol. The van der Waals surface area contributed by atoms with Gasteiger partial charge in [0.2, 0.25) is 17.8 Å². The molecule has 2 fully saturated rings. The van der Waals surface area contributed by atoms with Crippen molar-refractivity contribution in [3.8, 4) is 11.3 Å². The molecule has 1 aliphatic carbocycles. The number of aromatic nitrogens is 3. The van der Waals surface area contributed by atoms with Gasteiger partial charge in [0.1, 0.15) is 12.4 Å². The van der Waals surface area contributed by atoms with E-state index < -0.39 is 0 Å². The molecule has 1 aromatic heterocycles. The van der Waals surface area contributed by atoms with Crippen LogP contribution in [-0.4, -0.2) is 83.9 Å². The summed E-state index contributed by atoms with van der Waals surface area (Å²) in [4.78, 5) is 32.7. The number of primary amides is 1. The topological polar surface area (TPSA) is 127 Å². The first kappa shape index (κ1) is 24.9. The zero-order chi connectivity index (χ0) is 24.8. The zero-order valence-corrected chi connectivity index (χ0v) is 19.9. The van der Waals surface area contributed by atoms with Crippen molar-refractivity contribution in [2.24, 2.45) is 11.7 Å². The lowest BCUT2D eigenvalue weighted by molar-refractivity contribution is -0.129. The lowest BCUT2D eigenvalue weighted by Gasteiger charge is -2.42. The largest absolute Gasteiger partial charge is 0.368 e. The molecule has 0 radical (unpaired) electrons. The molecule has 2 amide bonds. The van der Waals surface area contributed by atoms with Crippen LogP contribution in [0.2, 0.25) is 0 Å². The zero-order valence-electron chi connectivity index (χ0n) is 19.9. The van der Waals surface area contributed by atoms with Crippen LogP contribution in [0.25, 0.3) is 11.3 Å². The van der Waals surface area contributed by atoms with Gasteiger partial charge in [-0.15, -0.1) is 5.10 Å². The van der Waals surface area contributed by atoms with Crippen LogP contribution in [0.4, 0.5) is 10.3 Å².